The van der Waals surface area contributed by atoms with E-state index in [-0.39, 0.29) is 0 Å². The van der Waals surface area contributed by atoms with E-state index in [9.17, 15) is 0 Å². The molecule has 0 radical (unpaired) electrons. The number of quaternary nitrogens is 1. The third-order valence-electron chi connectivity index (χ3n) is 2.50. The van der Waals surface area contributed by atoms with Crippen LogP contribution >= 0.6 is 11.6 Å². The number of ether oxygens (including phenoxy) is 1. The molecule has 0 aliphatic rings. The monoisotopic (exact) mass is 256 g/mol. The molecule has 0 amide bonds. The van der Waals surface area contributed by atoms with Gasteiger partial charge in [-0.15, -0.1) is 0 Å². The lowest BCUT2D eigenvalue weighted by Crippen LogP contribution is -2.94. The van der Waals surface area contributed by atoms with Gasteiger partial charge in [0.1, 0.15) is 5.75 Å². The third kappa shape index (κ3) is 5.94. The molecule has 0 aliphatic carbocycles. The van der Waals surface area contributed by atoms with Crippen LogP contribution in [0.1, 0.15) is 32.8 Å². The first kappa shape index (κ1) is 14.3. The predicted molar refractivity (Wildman–Crippen MR) is 72.8 cm³/mol. The number of halogens is 1. The lowest BCUT2D eigenvalue weighted by Gasteiger charge is -2.16. The van der Waals surface area contributed by atoms with Crippen LogP contribution in [-0.4, -0.2) is 18.7 Å². The number of rotatable bonds is 5. The van der Waals surface area contributed by atoms with Crippen LogP contribution in [0.2, 0.25) is 5.02 Å². The molecular weight excluding hydrogens is 234 g/mol. The van der Waals surface area contributed by atoms with Crippen LogP contribution < -0.4 is 10.1 Å². The van der Waals surface area contributed by atoms with Gasteiger partial charge in [-0.25, -0.2) is 0 Å². The molecule has 0 heterocycles. The third-order valence-corrected chi connectivity index (χ3v) is 2.93. The Morgan fingerprint density at radius 3 is 2.59 bits per heavy atom. The minimum absolute atomic E-state index is 0.302. The molecule has 96 valence electrons. The summed E-state index contributed by atoms with van der Waals surface area (Å²) >= 11 is 5.95. The Hall–Kier alpha value is -0.730. The van der Waals surface area contributed by atoms with E-state index in [4.69, 9.17) is 16.3 Å². The first-order valence-corrected chi connectivity index (χ1v) is 6.49. The zero-order valence-electron chi connectivity index (χ0n) is 11.2. The average Bonchev–Trinajstić information content (AvgIpc) is 2.21. The second-order valence-electron chi connectivity index (χ2n) is 5.47. The van der Waals surface area contributed by atoms with Crippen molar-refractivity contribution in [3.8, 4) is 5.75 Å². The number of benzene rings is 1. The van der Waals surface area contributed by atoms with E-state index in [0.29, 0.717) is 5.54 Å². The van der Waals surface area contributed by atoms with Crippen molar-refractivity contribution in [1.82, 2.24) is 0 Å². The summed E-state index contributed by atoms with van der Waals surface area (Å²) in [4.78, 5) is 0. The second-order valence-corrected chi connectivity index (χ2v) is 5.88. The first-order chi connectivity index (χ1) is 7.88. The summed E-state index contributed by atoms with van der Waals surface area (Å²) in [5.41, 5.74) is 1.36. The Morgan fingerprint density at radius 2 is 2.00 bits per heavy atom. The van der Waals surface area contributed by atoms with E-state index in [1.54, 1.807) is 0 Å². The van der Waals surface area contributed by atoms with Crippen LogP contribution in [0.4, 0.5) is 0 Å². The van der Waals surface area contributed by atoms with Gasteiger partial charge in [0.15, 0.2) is 0 Å². The van der Waals surface area contributed by atoms with Crippen LogP contribution in [0.25, 0.3) is 0 Å². The molecule has 2 nitrogen and oxygen atoms in total. The maximum absolute atomic E-state index is 5.95. The zero-order valence-corrected chi connectivity index (χ0v) is 12.0. The zero-order chi connectivity index (χ0) is 12.9. The molecule has 0 bridgehead atoms. The van der Waals surface area contributed by atoms with E-state index in [1.807, 2.05) is 25.1 Å². The molecule has 17 heavy (non-hydrogen) atoms. The minimum Gasteiger partial charge on any atom is -0.493 e. The Kier molecular flexibility index (Phi) is 5.29. The normalized spacial score (nSPS) is 11.6. The smallest absolute Gasteiger partial charge is 0.119 e. The highest BCUT2D eigenvalue weighted by Gasteiger charge is 2.11. The molecule has 1 aromatic rings. The molecule has 0 aliphatic heterocycles. The summed E-state index contributed by atoms with van der Waals surface area (Å²) in [6.07, 6.45) is 1.05. The summed E-state index contributed by atoms with van der Waals surface area (Å²) in [6, 6.07) is 5.78. The fourth-order valence-electron chi connectivity index (χ4n) is 1.52. The summed E-state index contributed by atoms with van der Waals surface area (Å²) in [5.74, 6) is 0.905. The lowest BCUT2D eigenvalue weighted by molar-refractivity contribution is -0.717. The van der Waals surface area contributed by atoms with Crippen molar-refractivity contribution in [1.29, 1.82) is 0 Å². The molecule has 0 spiro atoms. The molecular formula is C14H23ClNO+. The maximum Gasteiger partial charge on any atom is 0.119 e. The van der Waals surface area contributed by atoms with Crippen molar-refractivity contribution >= 4 is 11.6 Å². The first-order valence-electron chi connectivity index (χ1n) is 6.12. The quantitative estimate of drug-likeness (QED) is 0.806. The van der Waals surface area contributed by atoms with Crippen LogP contribution in [0.15, 0.2) is 18.2 Å². The van der Waals surface area contributed by atoms with Crippen LogP contribution in [0.5, 0.6) is 5.75 Å². The molecule has 0 aromatic heterocycles. The fraction of sp³-hybridized carbons (Fsp3) is 0.571. The average molecular weight is 257 g/mol. The number of nitrogens with two attached hydrogens (primary N) is 1. The number of hydrogen-bond donors (Lipinski definition) is 1. The Balaban J connectivity index is 2.25. The van der Waals surface area contributed by atoms with E-state index in [1.165, 1.54) is 0 Å². The standard InChI is InChI=1S/C14H22ClNO/c1-11-10-12(6-7-13(11)15)17-9-5-8-16-14(2,3)4/h6-7,10,16H,5,8-9H2,1-4H3/p+1. The van der Waals surface area contributed by atoms with E-state index < -0.39 is 0 Å². The predicted octanol–water partition coefficient (Wildman–Crippen LogP) is 2.78. The van der Waals surface area contributed by atoms with Gasteiger partial charge in [-0.3, -0.25) is 0 Å². The SMILES string of the molecule is Cc1cc(OCCC[NH2+]C(C)(C)C)ccc1Cl. The topological polar surface area (TPSA) is 25.8 Å². The van der Waals surface area contributed by atoms with Gasteiger partial charge in [0.2, 0.25) is 0 Å². The highest BCUT2D eigenvalue weighted by atomic mass is 35.5. The summed E-state index contributed by atoms with van der Waals surface area (Å²) in [7, 11) is 0. The molecule has 0 atom stereocenters. The van der Waals surface area contributed by atoms with Crippen molar-refractivity contribution in [2.45, 2.75) is 39.7 Å². The molecule has 0 saturated carbocycles. The van der Waals surface area contributed by atoms with Gasteiger partial charge in [0.25, 0.3) is 0 Å². The van der Waals surface area contributed by atoms with Crippen molar-refractivity contribution in [2.24, 2.45) is 0 Å². The van der Waals surface area contributed by atoms with Crippen LogP contribution in [0.3, 0.4) is 0 Å². The van der Waals surface area contributed by atoms with Crippen LogP contribution in [0, 0.1) is 6.92 Å². The second kappa shape index (κ2) is 6.27. The van der Waals surface area contributed by atoms with Crippen molar-refractivity contribution < 1.29 is 10.1 Å². The van der Waals surface area contributed by atoms with E-state index in [2.05, 4.69) is 26.1 Å². The molecule has 2 N–H and O–H groups in total. The van der Waals surface area contributed by atoms with E-state index >= 15 is 0 Å². The minimum atomic E-state index is 0.302. The van der Waals surface area contributed by atoms with Crippen LogP contribution in [-0.2, 0) is 0 Å². The van der Waals surface area contributed by atoms with Gasteiger partial charge < -0.3 is 10.1 Å². The summed E-state index contributed by atoms with van der Waals surface area (Å²) in [6.45, 7) is 10.5. The van der Waals surface area contributed by atoms with Gasteiger partial charge in [-0.1, -0.05) is 11.6 Å². The van der Waals surface area contributed by atoms with Gasteiger partial charge in [0.05, 0.1) is 18.7 Å². The number of aryl methyl sites for hydroxylation is 1. The van der Waals surface area contributed by atoms with E-state index in [0.717, 1.165) is 35.9 Å². The highest BCUT2D eigenvalue weighted by Crippen LogP contribution is 2.20. The Labute approximate surface area is 109 Å². The van der Waals surface area contributed by atoms with Gasteiger partial charge in [-0.2, -0.15) is 0 Å². The fourth-order valence-corrected chi connectivity index (χ4v) is 1.63. The summed E-state index contributed by atoms with van der Waals surface area (Å²) in [5, 5.41) is 3.13. The van der Waals surface area contributed by atoms with Gasteiger partial charge in [-0.05, 0) is 51.5 Å². The van der Waals surface area contributed by atoms with Gasteiger partial charge in [0, 0.05) is 11.4 Å². The van der Waals surface area contributed by atoms with Crippen molar-refractivity contribution in [3.63, 3.8) is 0 Å². The highest BCUT2D eigenvalue weighted by molar-refractivity contribution is 6.31. The number of hydrogen-bond acceptors (Lipinski definition) is 1. The molecule has 0 fully saturated rings. The molecule has 0 saturated heterocycles. The maximum atomic E-state index is 5.95. The molecule has 1 rings (SSSR count). The van der Waals surface area contributed by atoms with Gasteiger partial charge >= 0.3 is 0 Å². The Morgan fingerprint density at radius 1 is 1.29 bits per heavy atom. The molecule has 1 aromatic carbocycles. The van der Waals surface area contributed by atoms with Crippen molar-refractivity contribution in [3.05, 3.63) is 28.8 Å². The van der Waals surface area contributed by atoms with Crippen molar-refractivity contribution in [2.75, 3.05) is 13.2 Å². The summed E-state index contributed by atoms with van der Waals surface area (Å²) < 4.78 is 5.68. The Bertz CT molecular complexity index is 358. The molecule has 0 unspecified atom stereocenters. The largest absolute Gasteiger partial charge is 0.493 e. The lowest BCUT2D eigenvalue weighted by atomic mass is 10.1. The molecule has 3 heteroatoms.